The number of rotatable bonds is 3. The fourth-order valence-electron chi connectivity index (χ4n) is 1.26. The Balaban J connectivity index is 2.21. The Kier molecular flexibility index (Phi) is 2.78. The van der Waals surface area contributed by atoms with Crippen molar-refractivity contribution in [2.75, 3.05) is 7.11 Å². The Bertz CT molecular complexity index is 431. The number of oxime groups is 1. The van der Waals surface area contributed by atoms with Crippen LogP contribution < -0.4 is 0 Å². The average molecular weight is 201 g/mol. The van der Waals surface area contributed by atoms with E-state index in [-0.39, 0.29) is 0 Å². The van der Waals surface area contributed by atoms with Gasteiger partial charge in [-0.05, 0) is 17.7 Å². The van der Waals surface area contributed by atoms with Crippen LogP contribution in [0.15, 0.2) is 48.1 Å². The van der Waals surface area contributed by atoms with Crippen molar-refractivity contribution in [1.29, 1.82) is 0 Å². The van der Waals surface area contributed by atoms with Crippen molar-refractivity contribution in [2.24, 2.45) is 5.16 Å². The summed E-state index contributed by atoms with van der Waals surface area (Å²) in [4.78, 5) is 8.59. The molecule has 0 aliphatic heterocycles. The minimum absolute atomic E-state index is 1.00. The summed E-state index contributed by atoms with van der Waals surface area (Å²) in [6, 6.07) is 7.94. The number of hydrogen-bond donors (Lipinski definition) is 0. The van der Waals surface area contributed by atoms with Gasteiger partial charge in [-0.25, -0.2) is 4.98 Å². The SMILES string of the molecule is CON=Cc1ccc(-n2ccnc2)cc1. The van der Waals surface area contributed by atoms with Gasteiger partial charge in [-0.1, -0.05) is 17.3 Å². The second-order valence-electron chi connectivity index (χ2n) is 2.98. The molecule has 1 aromatic carbocycles. The van der Waals surface area contributed by atoms with Gasteiger partial charge in [0.2, 0.25) is 0 Å². The first kappa shape index (κ1) is 9.45. The molecular weight excluding hydrogens is 190 g/mol. The van der Waals surface area contributed by atoms with E-state index in [9.17, 15) is 0 Å². The Hall–Kier alpha value is -2.10. The van der Waals surface area contributed by atoms with Gasteiger partial charge in [-0.15, -0.1) is 0 Å². The summed E-state index contributed by atoms with van der Waals surface area (Å²) in [5, 5.41) is 3.69. The Morgan fingerprint density at radius 1 is 1.33 bits per heavy atom. The largest absolute Gasteiger partial charge is 0.399 e. The third-order valence-corrected chi connectivity index (χ3v) is 2.00. The van der Waals surface area contributed by atoms with Crippen molar-refractivity contribution < 1.29 is 4.84 Å². The van der Waals surface area contributed by atoms with E-state index in [1.807, 2.05) is 35.0 Å². The summed E-state index contributed by atoms with van der Waals surface area (Å²) in [6.45, 7) is 0. The Morgan fingerprint density at radius 2 is 2.13 bits per heavy atom. The van der Waals surface area contributed by atoms with Crippen molar-refractivity contribution >= 4 is 6.21 Å². The number of hydrogen-bond acceptors (Lipinski definition) is 3. The van der Waals surface area contributed by atoms with E-state index in [1.165, 1.54) is 7.11 Å². The first-order valence-electron chi connectivity index (χ1n) is 4.55. The molecule has 0 fully saturated rings. The van der Waals surface area contributed by atoms with E-state index in [0.717, 1.165) is 11.3 Å². The minimum atomic E-state index is 1.00. The Morgan fingerprint density at radius 3 is 2.73 bits per heavy atom. The molecule has 0 bridgehead atoms. The number of benzene rings is 1. The molecule has 0 saturated carbocycles. The molecule has 1 heterocycles. The summed E-state index contributed by atoms with van der Waals surface area (Å²) in [7, 11) is 1.52. The van der Waals surface area contributed by atoms with Crippen LogP contribution in [0.4, 0.5) is 0 Å². The van der Waals surface area contributed by atoms with Crippen molar-refractivity contribution in [3.63, 3.8) is 0 Å². The van der Waals surface area contributed by atoms with Crippen LogP contribution in [0.3, 0.4) is 0 Å². The predicted molar refractivity (Wildman–Crippen MR) is 58.2 cm³/mol. The third-order valence-electron chi connectivity index (χ3n) is 2.00. The molecule has 0 spiro atoms. The van der Waals surface area contributed by atoms with E-state index in [4.69, 9.17) is 0 Å². The van der Waals surface area contributed by atoms with Crippen molar-refractivity contribution in [3.05, 3.63) is 48.5 Å². The maximum atomic E-state index is 4.60. The van der Waals surface area contributed by atoms with Gasteiger partial charge in [0.15, 0.2) is 0 Å². The zero-order valence-electron chi connectivity index (χ0n) is 8.37. The lowest BCUT2D eigenvalue weighted by Crippen LogP contribution is -1.90. The molecule has 0 aliphatic rings. The highest BCUT2D eigenvalue weighted by Gasteiger charge is 1.94. The molecule has 0 saturated heterocycles. The summed E-state index contributed by atoms with van der Waals surface area (Å²) in [6.07, 6.45) is 7.08. The van der Waals surface area contributed by atoms with E-state index < -0.39 is 0 Å². The van der Waals surface area contributed by atoms with Gasteiger partial charge in [0.05, 0.1) is 12.5 Å². The lowest BCUT2D eigenvalue weighted by atomic mass is 10.2. The Labute approximate surface area is 87.8 Å². The second-order valence-corrected chi connectivity index (χ2v) is 2.98. The number of aromatic nitrogens is 2. The van der Waals surface area contributed by atoms with Crippen LogP contribution >= 0.6 is 0 Å². The predicted octanol–water partition coefficient (Wildman–Crippen LogP) is 1.85. The van der Waals surface area contributed by atoms with Crippen LogP contribution in [0.25, 0.3) is 5.69 Å². The van der Waals surface area contributed by atoms with Crippen molar-refractivity contribution in [1.82, 2.24) is 9.55 Å². The highest BCUT2D eigenvalue weighted by Crippen LogP contribution is 2.07. The molecule has 76 valence electrons. The maximum Gasteiger partial charge on any atom is 0.106 e. The fourth-order valence-corrected chi connectivity index (χ4v) is 1.26. The molecule has 0 radical (unpaired) electrons. The van der Waals surface area contributed by atoms with E-state index in [2.05, 4.69) is 15.0 Å². The zero-order valence-corrected chi connectivity index (χ0v) is 8.37. The van der Waals surface area contributed by atoms with Crippen molar-refractivity contribution in [2.45, 2.75) is 0 Å². The molecular formula is C11H11N3O. The van der Waals surface area contributed by atoms with Crippen LogP contribution in [0, 0.1) is 0 Å². The molecule has 0 atom stereocenters. The van der Waals surface area contributed by atoms with E-state index in [1.54, 1.807) is 18.7 Å². The summed E-state index contributed by atoms with van der Waals surface area (Å²) in [5.41, 5.74) is 2.07. The number of nitrogens with zero attached hydrogens (tertiary/aromatic N) is 3. The summed E-state index contributed by atoms with van der Waals surface area (Å²) >= 11 is 0. The van der Waals surface area contributed by atoms with Crippen LogP contribution in [0.2, 0.25) is 0 Å². The third kappa shape index (κ3) is 2.22. The van der Waals surface area contributed by atoms with Crippen molar-refractivity contribution in [3.8, 4) is 5.69 Å². The van der Waals surface area contributed by atoms with Gasteiger partial charge < -0.3 is 9.40 Å². The van der Waals surface area contributed by atoms with Crippen LogP contribution in [0.1, 0.15) is 5.56 Å². The second kappa shape index (κ2) is 4.41. The highest BCUT2D eigenvalue weighted by atomic mass is 16.6. The van der Waals surface area contributed by atoms with Gasteiger partial charge in [0.1, 0.15) is 7.11 Å². The summed E-state index contributed by atoms with van der Waals surface area (Å²) in [5.74, 6) is 0. The minimum Gasteiger partial charge on any atom is -0.399 e. The molecule has 0 aliphatic carbocycles. The first-order valence-corrected chi connectivity index (χ1v) is 4.55. The average Bonchev–Trinajstić information content (AvgIpc) is 2.80. The quantitative estimate of drug-likeness (QED) is 0.561. The molecule has 4 heteroatoms. The van der Waals surface area contributed by atoms with E-state index >= 15 is 0 Å². The molecule has 0 N–H and O–H groups in total. The lowest BCUT2D eigenvalue weighted by molar-refractivity contribution is 0.215. The highest BCUT2D eigenvalue weighted by molar-refractivity contribution is 5.79. The molecule has 15 heavy (non-hydrogen) atoms. The topological polar surface area (TPSA) is 39.4 Å². The first-order chi connectivity index (χ1) is 7.40. The maximum absolute atomic E-state index is 4.60. The van der Waals surface area contributed by atoms with Crippen LogP contribution in [-0.2, 0) is 4.84 Å². The van der Waals surface area contributed by atoms with Gasteiger partial charge >= 0.3 is 0 Å². The molecule has 0 amide bonds. The van der Waals surface area contributed by atoms with Crippen LogP contribution in [-0.4, -0.2) is 22.9 Å². The number of imidazole rings is 1. The fraction of sp³-hybridized carbons (Fsp3) is 0.0909. The van der Waals surface area contributed by atoms with E-state index in [0.29, 0.717) is 0 Å². The van der Waals surface area contributed by atoms with Gasteiger partial charge in [-0.3, -0.25) is 0 Å². The van der Waals surface area contributed by atoms with Gasteiger partial charge in [0.25, 0.3) is 0 Å². The standard InChI is InChI=1S/C11H11N3O/c1-15-13-8-10-2-4-11(5-3-10)14-7-6-12-9-14/h2-9H,1H3. The normalized spacial score (nSPS) is 10.7. The van der Waals surface area contributed by atoms with Gasteiger partial charge in [-0.2, -0.15) is 0 Å². The molecule has 0 unspecified atom stereocenters. The lowest BCUT2D eigenvalue weighted by Gasteiger charge is -2.01. The zero-order chi connectivity index (χ0) is 10.5. The molecule has 1 aromatic heterocycles. The van der Waals surface area contributed by atoms with Crippen LogP contribution in [0.5, 0.6) is 0 Å². The summed E-state index contributed by atoms with van der Waals surface area (Å²) < 4.78 is 1.94. The van der Waals surface area contributed by atoms with Gasteiger partial charge in [0, 0.05) is 18.1 Å². The molecule has 2 rings (SSSR count). The molecule has 4 nitrogen and oxygen atoms in total. The molecule has 2 aromatic rings. The monoisotopic (exact) mass is 201 g/mol. The smallest absolute Gasteiger partial charge is 0.106 e.